The van der Waals surface area contributed by atoms with Gasteiger partial charge in [-0.15, -0.1) is 5.10 Å². The Bertz CT molecular complexity index is 1160. The Labute approximate surface area is 178 Å². The lowest BCUT2D eigenvalue weighted by atomic mass is 10.2. The van der Waals surface area contributed by atoms with Gasteiger partial charge < -0.3 is 19.1 Å². The highest BCUT2D eigenvalue weighted by atomic mass is 16.5. The lowest BCUT2D eigenvalue weighted by Crippen LogP contribution is -2.49. The molecule has 0 N–H and O–H groups in total. The Morgan fingerprint density at radius 2 is 1.87 bits per heavy atom. The van der Waals surface area contributed by atoms with E-state index in [0.717, 1.165) is 0 Å². The maximum Gasteiger partial charge on any atom is 0.284 e. The van der Waals surface area contributed by atoms with Gasteiger partial charge in [-0.05, 0) is 26.0 Å². The second kappa shape index (κ2) is 8.34. The molecular weight excluding hydrogens is 404 g/mol. The number of carbonyl (C=O) groups is 1. The van der Waals surface area contributed by atoms with Crippen LogP contribution in [0.4, 0.5) is 0 Å². The minimum atomic E-state index is -0.431. The average Bonchev–Trinajstić information content (AvgIpc) is 3.19. The first-order valence-corrected chi connectivity index (χ1v) is 9.87. The van der Waals surface area contributed by atoms with E-state index >= 15 is 0 Å². The van der Waals surface area contributed by atoms with Crippen molar-refractivity contribution in [2.24, 2.45) is 0 Å². The van der Waals surface area contributed by atoms with Crippen molar-refractivity contribution in [3.8, 4) is 17.2 Å². The summed E-state index contributed by atoms with van der Waals surface area (Å²) in [5.74, 6) is 0.908. The predicted molar refractivity (Wildman–Crippen MR) is 111 cm³/mol. The number of carbonyl (C=O) groups excluding carboxylic acids is 1. The van der Waals surface area contributed by atoms with Gasteiger partial charge in [-0.1, -0.05) is 5.21 Å². The van der Waals surface area contributed by atoms with Gasteiger partial charge in [0.15, 0.2) is 22.7 Å². The third-order valence-electron chi connectivity index (χ3n) is 5.12. The van der Waals surface area contributed by atoms with Crippen LogP contribution in [0.5, 0.6) is 11.5 Å². The van der Waals surface area contributed by atoms with Gasteiger partial charge in [0.05, 0.1) is 32.1 Å². The number of benzene rings is 1. The van der Waals surface area contributed by atoms with Crippen molar-refractivity contribution >= 4 is 17.1 Å². The van der Waals surface area contributed by atoms with Crippen molar-refractivity contribution in [2.45, 2.75) is 32.6 Å². The van der Waals surface area contributed by atoms with E-state index in [4.69, 9.17) is 14.2 Å². The standard InChI is InChI=1S/C20H24N6O5/c1-12-8-24(9-13(2)31-12)17(27)10-25-11-21-19-18(20(25)28)22-23-26(19)14-5-6-15(29-3)16(7-14)30-4/h5-7,11-13H,8-10H2,1-4H3/t12-,13-/m0/s1. The lowest BCUT2D eigenvalue weighted by Gasteiger charge is -2.35. The molecule has 0 bridgehead atoms. The molecule has 0 radical (unpaired) electrons. The Morgan fingerprint density at radius 3 is 2.55 bits per heavy atom. The van der Waals surface area contributed by atoms with Crippen LogP contribution in [0, 0.1) is 0 Å². The van der Waals surface area contributed by atoms with E-state index in [2.05, 4.69) is 15.3 Å². The van der Waals surface area contributed by atoms with E-state index in [1.165, 1.54) is 22.7 Å². The first-order valence-electron chi connectivity index (χ1n) is 9.87. The van der Waals surface area contributed by atoms with Crippen molar-refractivity contribution in [1.82, 2.24) is 29.4 Å². The fourth-order valence-electron chi connectivity index (χ4n) is 3.71. The fourth-order valence-corrected chi connectivity index (χ4v) is 3.71. The molecule has 1 amide bonds. The molecule has 0 saturated carbocycles. The van der Waals surface area contributed by atoms with Crippen LogP contribution >= 0.6 is 0 Å². The zero-order chi connectivity index (χ0) is 22.1. The summed E-state index contributed by atoms with van der Waals surface area (Å²) in [6, 6.07) is 5.20. The molecule has 3 aromatic rings. The van der Waals surface area contributed by atoms with Gasteiger partial charge in [0.2, 0.25) is 5.91 Å². The second-order valence-corrected chi connectivity index (χ2v) is 7.45. The van der Waals surface area contributed by atoms with Crippen LogP contribution in [0.1, 0.15) is 13.8 Å². The summed E-state index contributed by atoms with van der Waals surface area (Å²) in [6.07, 6.45) is 1.24. The highest BCUT2D eigenvalue weighted by Crippen LogP contribution is 2.29. The van der Waals surface area contributed by atoms with Crippen molar-refractivity contribution in [3.05, 3.63) is 34.9 Å². The summed E-state index contributed by atoms with van der Waals surface area (Å²) in [4.78, 5) is 31.7. The second-order valence-electron chi connectivity index (χ2n) is 7.45. The van der Waals surface area contributed by atoms with E-state index < -0.39 is 5.56 Å². The molecule has 1 aromatic carbocycles. The molecule has 0 aliphatic carbocycles. The van der Waals surface area contributed by atoms with E-state index in [9.17, 15) is 9.59 Å². The van der Waals surface area contributed by atoms with Crippen molar-refractivity contribution in [3.63, 3.8) is 0 Å². The maximum absolute atomic E-state index is 12.9. The number of aromatic nitrogens is 5. The summed E-state index contributed by atoms with van der Waals surface area (Å²) in [6.45, 7) is 4.70. The molecular formula is C20H24N6O5. The minimum Gasteiger partial charge on any atom is -0.493 e. The van der Waals surface area contributed by atoms with Gasteiger partial charge in [0.1, 0.15) is 12.9 Å². The van der Waals surface area contributed by atoms with Gasteiger partial charge in [0.25, 0.3) is 5.56 Å². The quantitative estimate of drug-likeness (QED) is 0.581. The first kappa shape index (κ1) is 20.8. The van der Waals surface area contributed by atoms with Crippen molar-refractivity contribution in [2.75, 3.05) is 27.3 Å². The van der Waals surface area contributed by atoms with E-state index in [1.54, 1.807) is 30.2 Å². The number of ether oxygens (including phenoxy) is 3. The van der Waals surface area contributed by atoms with Crippen LogP contribution in [0.15, 0.2) is 29.3 Å². The Morgan fingerprint density at radius 1 is 1.16 bits per heavy atom. The van der Waals surface area contributed by atoms with Crippen molar-refractivity contribution in [1.29, 1.82) is 0 Å². The number of methoxy groups -OCH3 is 2. The smallest absolute Gasteiger partial charge is 0.284 e. The van der Waals surface area contributed by atoms with Crippen LogP contribution in [-0.4, -0.2) is 74.9 Å². The zero-order valence-electron chi connectivity index (χ0n) is 17.8. The Balaban J connectivity index is 1.63. The number of hydrogen-bond acceptors (Lipinski definition) is 8. The third-order valence-corrected chi connectivity index (χ3v) is 5.12. The van der Waals surface area contributed by atoms with Crippen LogP contribution in [-0.2, 0) is 16.1 Å². The minimum absolute atomic E-state index is 0.0496. The molecule has 4 rings (SSSR count). The van der Waals surface area contributed by atoms with Gasteiger partial charge >= 0.3 is 0 Å². The largest absolute Gasteiger partial charge is 0.493 e. The predicted octanol–water partition coefficient (Wildman–Crippen LogP) is 0.630. The molecule has 1 aliphatic heterocycles. The Kier molecular flexibility index (Phi) is 5.59. The molecule has 1 aliphatic rings. The van der Waals surface area contributed by atoms with Crippen molar-refractivity contribution < 1.29 is 19.0 Å². The zero-order valence-corrected chi connectivity index (χ0v) is 17.8. The third kappa shape index (κ3) is 3.96. The van der Waals surface area contributed by atoms with Gasteiger partial charge in [-0.2, -0.15) is 4.68 Å². The molecule has 0 spiro atoms. The maximum atomic E-state index is 12.9. The SMILES string of the molecule is COc1ccc(-n2nnc3c(=O)n(CC(=O)N4C[C@H](C)O[C@@H](C)C4)cnc32)cc1OC. The highest BCUT2D eigenvalue weighted by molar-refractivity contribution is 5.77. The molecule has 2 atom stereocenters. The number of fused-ring (bicyclic) bond motifs is 1. The lowest BCUT2D eigenvalue weighted by molar-refractivity contribution is -0.143. The van der Waals surface area contributed by atoms with Gasteiger partial charge in [0, 0.05) is 19.2 Å². The molecule has 0 unspecified atom stereocenters. The molecule has 11 nitrogen and oxygen atoms in total. The van der Waals surface area contributed by atoms with Crippen LogP contribution in [0.2, 0.25) is 0 Å². The summed E-state index contributed by atoms with van der Waals surface area (Å²) in [5, 5.41) is 8.07. The molecule has 2 aromatic heterocycles. The molecule has 11 heteroatoms. The van der Waals surface area contributed by atoms with Gasteiger partial charge in [-0.3, -0.25) is 14.2 Å². The van der Waals surface area contributed by atoms with Crippen LogP contribution in [0.25, 0.3) is 16.9 Å². The first-order chi connectivity index (χ1) is 14.9. The molecule has 31 heavy (non-hydrogen) atoms. The number of hydrogen-bond donors (Lipinski definition) is 0. The van der Waals surface area contributed by atoms with E-state index in [0.29, 0.717) is 30.3 Å². The topological polar surface area (TPSA) is 114 Å². The molecule has 164 valence electrons. The summed E-state index contributed by atoms with van der Waals surface area (Å²) < 4.78 is 18.9. The number of rotatable bonds is 5. The molecule has 1 fully saturated rings. The van der Waals surface area contributed by atoms with E-state index in [-0.39, 0.29) is 35.8 Å². The van der Waals surface area contributed by atoms with Crippen LogP contribution in [0.3, 0.4) is 0 Å². The van der Waals surface area contributed by atoms with E-state index in [1.807, 2.05) is 13.8 Å². The number of nitrogens with zero attached hydrogens (tertiary/aromatic N) is 6. The summed E-state index contributed by atoms with van der Waals surface area (Å²) in [7, 11) is 3.08. The summed E-state index contributed by atoms with van der Waals surface area (Å²) in [5.41, 5.74) is 0.542. The summed E-state index contributed by atoms with van der Waals surface area (Å²) >= 11 is 0. The number of morpholine rings is 1. The molecule has 3 heterocycles. The average molecular weight is 428 g/mol. The normalized spacial score (nSPS) is 18.9. The fraction of sp³-hybridized carbons (Fsp3) is 0.450. The Hall–Kier alpha value is -3.47. The highest BCUT2D eigenvalue weighted by Gasteiger charge is 2.26. The monoisotopic (exact) mass is 428 g/mol. The van der Waals surface area contributed by atoms with Crippen LogP contribution < -0.4 is 15.0 Å². The number of amides is 1. The van der Waals surface area contributed by atoms with Gasteiger partial charge in [-0.25, -0.2) is 4.98 Å². The molecule has 1 saturated heterocycles.